The molecule has 3 rings (SSSR count). The van der Waals surface area contributed by atoms with Crippen LogP contribution in [-0.4, -0.2) is 40.7 Å². The van der Waals surface area contributed by atoms with Gasteiger partial charge in [-0.1, -0.05) is 6.92 Å². The Bertz CT molecular complexity index is 874. The molecular formula is C19H17NO6. The molecule has 0 saturated carbocycles. The van der Waals surface area contributed by atoms with Gasteiger partial charge in [-0.25, -0.2) is 9.69 Å². The van der Waals surface area contributed by atoms with Crippen molar-refractivity contribution in [3.63, 3.8) is 0 Å². The molecule has 2 amide bonds. The number of fused-ring (bicyclic) bond motifs is 1. The van der Waals surface area contributed by atoms with Gasteiger partial charge in [-0.2, -0.15) is 0 Å². The van der Waals surface area contributed by atoms with Gasteiger partial charge in [0, 0.05) is 0 Å². The fraction of sp³-hybridized carbons (Fsp3) is 0.211. The van der Waals surface area contributed by atoms with Crippen LogP contribution in [0.2, 0.25) is 0 Å². The van der Waals surface area contributed by atoms with Gasteiger partial charge in [0.25, 0.3) is 11.8 Å². The number of phenolic OH excluding ortho intramolecular Hbond substituents is 1. The summed E-state index contributed by atoms with van der Waals surface area (Å²) in [6.07, 6.45) is -0.298. The highest BCUT2D eigenvalue weighted by Crippen LogP contribution is 2.30. The number of anilines is 1. The summed E-state index contributed by atoms with van der Waals surface area (Å²) in [4.78, 5) is 38.2. The monoisotopic (exact) mass is 355 g/mol. The number of aliphatic hydroxyl groups is 1. The van der Waals surface area contributed by atoms with Crippen molar-refractivity contribution in [2.45, 2.75) is 19.4 Å². The molecule has 2 aromatic carbocycles. The Morgan fingerprint density at radius 1 is 1.08 bits per heavy atom. The van der Waals surface area contributed by atoms with E-state index >= 15 is 0 Å². The molecule has 7 nitrogen and oxygen atoms in total. The van der Waals surface area contributed by atoms with Crippen LogP contribution in [0.3, 0.4) is 0 Å². The Hall–Kier alpha value is -3.19. The first-order valence-electron chi connectivity index (χ1n) is 8.09. The first-order valence-corrected chi connectivity index (χ1v) is 8.09. The Balaban J connectivity index is 1.86. The number of carbonyl (C=O) groups is 3. The van der Waals surface area contributed by atoms with E-state index in [9.17, 15) is 24.6 Å². The SMILES string of the molecule is CCC(O)COC(=O)c1ccc2c(c1)C(=O)N(c1ccc(O)cc1)C2=O. The van der Waals surface area contributed by atoms with Crippen LogP contribution in [0.4, 0.5) is 5.69 Å². The highest BCUT2D eigenvalue weighted by molar-refractivity contribution is 6.34. The quantitative estimate of drug-likeness (QED) is 0.629. The number of aromatic hydroxyl groups is 1. The third kappa shape index (κ3) is 3.16. The molecule has 26 heavy (non-hydrogen) atoms. The maximum atomic E-state index is 12.6. The van der Waals surface area contributed by atoms with E-state index < -0.39 is 23.9 Å². The van der Waals surface area contributed by atoms with E-state index in [-0.39, 0.29) is 29.0 Å². The number of hydrogen-bond acceptors (Lipinski definition) is 6. The van der Waals surface area contributed by atoms with Crippen LogP contribution in [-0.2, 0) is 4.74 Å². The van der Waals surface area contributed by atoms with Gasteiger partial charge in [-0.15, -0.1) is 0 Å². The molecule has 7 heteroatoms. The molecule has 1 atom stereocenters. The van der Waals surface area contributed by atoms with Gasteiger partial charge in [-0.05, 0) is 48.9 Å². The third-order valence-corrected chi connectivity index (χ3v) is 4.11. The van der Waals surface area contributed by atoms with Crippen molar-refractivity contribution < 1.29 is 29.3 Å². The Labute approximate surface area is 149 Å². The van der Waals surface area contributed by atoms with Crippen LogP contribution in [0.1, 0.15) is 44.4 Å². The van der Waals surface area contributed by atoms with E-state index in [0.29, 0.717) is 12.1 Å². The van der Waals surface area contributed by atoms with Crippen molar-refractivity contribution in [1.82, 2.24) is 0 Å². The number of carbonyl (C=O) groups excluding carboxylic acids is 3. The summed E-state index contributed by atoms with van der Waals surface area (Å²) in [6.45, 7) is 1.62. The normalized spacial score (nSPS) is 14.3. The highest BCUT2D eigenvalue weighted by Gasteiger charge is 2.37. The number of nitrogens with zero attached hydrogens (tertiary/aromatic N) is 1. The lowest BCUT2D eigenvalue weighted by molar-refractivity contribution is 0.0250. The second kappa shape index (κ2) is 6.97. The average molecular weight is 355 g/mol. The fourth-order valence-electron chi connectivity index (χ4n) is 2.58. The van der Waals surface area contributed by atoms with E-state index in [0.717, 1.165) is 4.90 Å². The van der Waals surface area contributed by atoms with Crippen LogP contribution >= 0.6 is 0 Å². The van der Waals surface area contributed by atoms with Crippen molar-refractivity contribution in [2.24, 2.45) is 0 Å². The number of imide groups is 1. The predicted molar refractivity (Wildman–Crippen MR) is 92.3 cm³/mol. The van der Waals surface area contributed by atoms with Gasteiger partial charge in [0.2, 0.25) is 0 Å². The summed E-state index contributed by atoms with van der Waals surface area (Å²) in [7, 11) is 0. The van der Waals surface area contributed by atoms with Gasteiger partial charge in [0.1, 0.15) is 12.4 Å². The van der Waals surface area contributed by atoms with E-state index in [2.05, 4.69) is 0 Å². The molecule has 0 aliphatic carbocycles. The predicted octanol–water partition coefficient (Wildman–Crippen LogP) is 2.12. The van der Waals surface area contributed by atoms with Gasteiger partial charge in [0.15, 0.2) is 0 Å². The topological polar surface area (TPSA) is 104 Å². The summed E-state index contributed by atoms with van der Waals surface area (Å²) >= 11 is 0. The van der Waals surface area contributed by atoms with E-state index in [1.54, 1.807) is 6.92 Å². The van der Waals surface area contributed by atoms with Gasteiger partial charge in [0.05, 0.1) is 28.5 Å². The maximum absolute atomic E-state index is 12.6. The molecule has 2 aromatic rings. The Morgan fingerprint density at radius 2 is 1.73 bits per heavy atom. The zero-order chi connectivity index (χ0) is 18.8. The van der Waals surface area contributed by atoms with Crippen LogP contribution in [0, 0.1) is 0 Å². The molecule has 0 bridgehead atoms. The van der Waals surface area contributed by atoms with Crippen LogP contribution in [0.25, 0.3) is 0 Å². The number of rotatable bonds is 5. The first-order chi connectivity index (χ1) is 12.4. The van der Waals surface area contributed by atoms with Gasteiger partial charge in [-0.3, -0.25) is 9.59 Å². The van der Waals surface area contributed by atoms with Gasteiger partial charge < -0.3 is 14.9 Å². The zero-order valence-corrected chi connectivity index (χ0v) is 14.0. The standard InChI is InChI=1S/C19H17NO6/c1-2-13(21)10-26-19(25)11-3-8-15-16(9-11)18(24)20(17(15)23)12-4-6-14(22)7-5-12/h3-9,13,21-22H,2,10H2,1H3. The van der Waals surface area contributed by atoms with E-state index in [1.165, 1.54) is 42.5 Å². The second-order valence-electron chi connectivity index (χ2n) is 5.88. The molecule has 0 fully saturated rings. The number of phenols is 1. The second-order valence-corrected chi connectivity index (χ2v) is 5.88. The van der Waals surface area contributed by atoms with Crippen molar-refractivity contribution >= 4 is 23.5 Å². The average Bonchev–Trinajstić information content (AvgIpc) is 2.90. The molecule has 1 aliphatic rings. The highest BCUT2D eigenvalue weighted by atomic mass is 16.5. The van der Waals surface area contributed by atoms with Crippen molar-refractivity contribution in [3.8, 4) is 5.75 Å². The summed E-state index contributed by atoms with van der Waals surface area (Å²) in [5, 5.41) is 18.8. The number of esters is 1. The minimum atomic E-state index is -0.749. The lowest BCUT2D eigenvalue weighted by atomic mass is 10.1. The molecule has 2 N–H and O–H groups in total. The zero-order valence-electron chi connectivity index (χ0n) is 14.0. The van der Waals surface area contributed by atoms with Crippen LogP contribution in [0.5, 0.6) is 5.75 Å². The summed E-state index contributed by atoms with van der Waals surface area (Å²) in [5.74, 6) is -1.72. The number of hydrogen-bond donors (Lipinski definition) is 2. The van der Waals surface area contributed by atoms with Crippen molar-refractivity contribution in [1.29, 1.82) is 0 Å². The molecule has 1 aliphatic heterocycles. The fourth-order valence-corrected chi connectivity index (χ4v) is 2.58. The molecular weight excluding hydrogens is 338 g/mol. The number of ether oxygens (including phenoxy) is 1. The molecule has 0 spiro atoms. The minimum Gasteiger partial charge on any atom is -0.508 e. The molecule has 134 valence electrons. The van der Waals surface area contributed by atoms with Gasteiger partial charge >= 0.3 is 5.97 Å². The van der Waals surface area contributed by atoms with E-state index in [4.69, 9.17) is 4.74 Å². The molecule has 1 unspecified atom stereocenters. The summed E-state index contributed by atoms with van der Waals surface area (Å²) < 4.78 is 5.00. The lowest BCUT2D eigenvalue weighted by Crippen LogP contribution is -2.29. The minimum absolute atomic E-state index is 0.0182. The smallest absolute Gasteiger partial charge is 0.338 e. The van der Waals surface area contributed by atoms with E-state index in [1.807, 2.05) is 0 Å². The van der Waals surface area contributed by atoms with Crippen LogP contribution in [0.15, 0.2) is 42.5 Å². The first kappa shape index (κ1) is 17.6. The van der Waals surface area contributed by atoms with Crippen molar-refractivity contribution in [2.75, 3.05) is 11.5 Å². The largest absolute Gasteiger partial charge is 0.508 e. The van der Waals surface area contributed by atoms with Crippen molar-refractivity contribution in [3.05, 3.63) is 59.2 Å². The summed E-state index contributed by atoms with van der Waals surface area (Å²) in [6, 6.07) is 9.79. The molecule has 0 saturated heterocycles. The van der Waals surface area contributed by atoms with Crippen LogP contribution < -0.4 is 4.90 Å². The Morgan fingerprint density at radius 3 is 2.38 bits per heavy atom. The number of benzene rings is 2. The maximum Gasteiger partial charge on any atom is 0.338 e. The Kier molecular flexibility index (Phi) is 4.73. The lowest BCUT2D eigenvalue weighted by Gasteiger charge is -2.13. The molecule has 0 radical (unpaired) electrons. The number of aliphatic hydroxyl groups excluding tert-OH is 1. The molecule has 0 aromatic heterocycles. The number of amides is 2. The third-order valence-electron chi connectivity index (χ3n) is 4.11. The summed E-state index contributed by atoms with van der Waals surface area (Å²) in [5.41, 5.74) is 0.742. The molecule has 1 heterocycles.